The molecule has 166 valence electrons. The van der Waals surface area contributed by atoms with Gasteiger partial charge in [0.05, 0.1) is 12.6 Å². The van der Waals surface area contributed by atoms with Crippen molar-refractivity contribution in [2.45, 2.75) is 25.5 Å². The van der Waals surface area contributed by atoms with Crippen LogP contribution < -0.4 is 14.8 Å². The second-order valence-corrected chi connectivity index (χ2v) is 7.57. The predicted octanol–water partition coefficient (Wildman–Crippen LogP) is 3.95. The van der Waals surface area contributed by atoms with Crippen molar-refractivity contribution >= 4 is 22.6 Å². The number of anilines is 1. The van der Waals surface area contributed by atoms with Gasteiger partial charge in [0, 0.05) is 43.9 Å². The first-order valence-corrected chi connectivity index (χ1v) is 10.5. The minimum atomic E-state index is -0.269. The average molecular weight is 436 g/mol. The largest absolute Gasteiger partial charge is 0.493 e. The molecule has 1 N–H and O–H groups in total. The Kier molecular flexibility index (Phi) is 6.49. The molecule has 1 aliphatic heterocycles. The van der Waals surface area contributed by atoms with Crippen LogP contribution in [0.1, 0.15) is 18.4 Å². The van der Waals surface area contributed by atoms with Gasteiger partial charge in [-0.1, -0.05) is 18.7 Å². The molecule has 2 aromatic carbocycles. The summed E-state index contributed by atoms with van der Waals surface area (Å²) >= 11 is 0. The summed E-state index contributed by atoms with van der Waals surface area (Å²) in [5.41, 5.74) is 1.65. The Labute approximate surface area is 185 Å². The lowest BCUT2D eigenvalue weighted by atomic mass is 10.1. The number of ether oxygens (including phenoxy) is 2. The quantitative estimate of drug-likeness (QED) is 0.566. The molecule has 0 spiro atoms. The Bertz CT molecular complexity index is 1110. The number of benzene rings is 2. The molecule has 1 amide bonds. The van der Waals surface area contributed by atoms with Gasteiger partial charge in [-0.3, -0.25) is 4.79 Å². The summed E-state index contributed by atoms with van der Waals surface area (Å²) in [6.07, 6.45) is 4.24. The van der Waals surface area contributed by atoms with Crippen LogP contribution in [0, 0.1) is 5.82 Å². The Morgan fingerprint density at radius 3 is 2.66 bits per heavy atom. The first-order chi connectivity index (χ1) is 15.6. The van der Waals surface area contributed by atoms with Gasteiger partial charge in [0.1, 0.15) is 24.1 Å². The van der Waals surface area contributed by atoms with Crippen LogP contribution in [0.15, 0.2) is 55.4 Å². The van der Waals surface area contributed by atoms with Crippen LogP contribution >= 0.6 is 0 Å². The number of amides is 1. The Morgan fingerprint density at radius 1 is 1.22 bits per heavy atom. The monoisotopic (exact) mass is 436 g/mol. The second kappa shape index (κ2) is 9.64. The van der Waals surface area contributed by atoms with E-state index < -0.39 is 0 Å². The number of carbonyl (C=O) groups is 1. The van der Waals surface area contributed by atoms with E-state index in [0.29, 0.717) is 37.0 Å². The molecule has 0 aliphatic carbocycles. The highest BCUT2D eigenvalue weighted by Gasteiger charge is 2.24. The lowest BCUT2D eigenvalue weighted by molar-refractivity contribution is -0.127. The third kappa shape index (κ3) is 4.80. The van der Waals surface area contributed by atoms with Crippen LogP contribution in [0.2, 0.25) is 0 Å². The molecule has 8 heteroatoms. The standard InChI is InChI=1S/C24H25FN4O3/c1-3-23(30)29-10-8-18(9-11-29)32-22-12-19-20(13-21(22)31-2)27-15-28-24(19)26-14-16-4-6-17(25)7-5-16/h3-7,12-13,15,18H,1,8-11,14H2,2H3,(H,26,27,28). The lowest BCUT2D eigenvalue weighted by Crippen LogP contribution is -2.41. The number of likely N-dealkylation sites (tertiary alicyclic amines) is 1. The predicted molar refractivity (Wildman–Crippen MR) is 120 cm³/mol. The maximum absolute atomic E-state index is 13.2. The number of fused-ring (bicyclic) bond motifs is 1. The average Bonchev–Trinajstić information content (AvgIpc) is 2.83. The number of nitrogens with zero attached hydrogens (tertiary/aromatic N) is 3. The molecule has 1 aliphatic rings. The molecular weight excluding hydrogens is 411 g/mol. The molecule has 0 saturated carbocycles. The highest BCUT2D eigenvalue weighted by molar-refractivity contribution is 5.91. The van der Waals surface area contributed by atoms with Crippen LogP contribution in [0.4, 0.5) is 10.2 Å². The van der Waals surface area contributed by atoms with Gasteiger partial charge in [0.25, 0.3) is 0 Å². The zero-order valence-corrected chi connectivity index (χ0v) is 17.9. The summed E-state index contributed by atoms with van der Waals surface area (Å²) in [7, 11) is 1.59. The van der Waals surface area contributed by atoms with Gasteiger partial charge < -0.3 is 19.7 Å². The summed E-state index contributed by atoms with van der Waals surface area (Å²) in [6, 6.07) is 10.0. The van der Waals surface area contributed by atoms with Crippen LogP contribution in [0.5, 0.6) is 11.5 Å². The fourth-order valence-corrected chi connectivity index (χ4v) is 3.75. The van der Waals surface area contributed by atoms with Crippen LogP contribution in [-0.2, 0) is 11.3 Å². The highest BCUT2D eigenvalue weighted by Crippen LogP contribution is 2.35. The molecule has 1 aromatic heterocycles. The number of piperidine rings is 1. The van der Waals surface area contributed by atoms with E-state index in [-0.39, 0.29) is 17.8 Å². The van der Waals surface area contributed by atoms with E-state index in [1.807, 2.05) is 12.1 Å². The van der Waals surface area contributed by atoms with Gasteiger partial charge >= 0.3 is 0 Å². The van der Waals surface area contributed by atoms with Crippen molar-refractivity contribution in [3.63, 3.8) is 0 Å². The maximum Gasteiger partial charge on any atom is 0.245 e. The van der Waals surface area contributed by atoms with E-state index in [2.05, 4.69) is 21.9 Å². The van der Waals surface area contributed by atoms with Crippen molar-refractivity contribution in [3.05, 3.63) is 66.8 Å². The topological polar surface area (TPSA) is 76.6 Å². The summed E-state index contributed by atoms with van der Waals surface area (Å²) in [5.74, 6) is 1.52. The fraction of sp³-hybridized carbons (Fsp3) is 0.292. The number of carbonyl (C=O) groups excluding carboxylic acids is 1. The summed E-state index contributed by atoms with van der Waals surface area (Å²) in [5, 5.41) is 4.09. The molecule has 1 saturated heterocycles. The van der Waals surface area contributed by atoms with Gasteiger partial charge in [-0.2, -0.15) is 0 Å². The third-order valence-electron chi connectivity index (χ3n) is 5.52. The van der Waals surface area contributed by atoms with E-state index in [9.17, 15) is 9.18 Å². The molecule has 4 rings (SSSR count). The fourth-order valence-electron chi connectivity index (χ4n) is 3.75. The molecule has 32 heavy (non-hydrogen) atoms. The summed E-state index contributed by atoms with van der Waals surface area (Å²) in [4.78, 5) is 22.3. The Hall–Kier alpha value is -3.68. The van der Waals surface area contributed by atoms with Gasteiger partial charge in [0.15, 0.2) is 11.5 Å². The summed E-state index contributed by atoms with van der Waals surface area (Å²) < 4.78 is 25.0. The molecule has 2 heterocycles. The maximum atomic E-state index is 13.2. The van der Waals surface area contributed by atoms with E-state index >= 15 is 0 Å². The normalized spacial score (nSPS) is 14.2. The number of nitrogens with one attached hydrogen (secondary N) is 1. The summed E-state index contributed by atoms with van der Waals surface area (Å²) in [6.45, 7) is 5.29. The molecule has 0 atom stereocenters. The SMILES string of the molecule is C=CC(=O)N1CCC(Oc2cc3c(NCc4ccc(F)cc4)ncnc3cc2OC)CC1. The van der Waals surface area contributed by atoms with Gasteiger partial charge in [-0.05, 0) is 29.8 Å². The first-order valence-electron chi connectivity index (χ1n) is 10.5. The van der Waals surface area contributed by atoms with Crippen LogP contribution in [0.25, 0.3) is 10.9 Å². The third-order valence-corrected chi connectivity index (χ3v) is 5.52. The molecular formula is C24H25FN4O3. The minimum absolute atomic E-state index is 0.0320. The number of aromatic nitrogens is 2. The molecule has 0 radical (unpaired) electrons. The zero-order valence-electron chi connectivity index (χ0n) is 17.9. The number of hydrogen-bond acceptors (Lipinski definition) is 6. The Balaban J connectivity index is 1.53. The van der Waals surface area contributed by atoms with Gasteiger partial charge in [-0.15, -0.1) is 0 Å². The van der Waals surface area contributed by atoms with E-state index in [1.165, 1.54) is 24.5 Å². The van der Waals surface area contributed by atoms with Crippen molar-refractivity contribution in [1.29, 1.82) is 0 Å². The minimum Gasteiger partial charge on any atom is -0.493 e. The van der Waals surface area contributed by atoms with Crippen molar-refractivity contribution < 1.29 is 18.7 Å². The number of rotatable bonds is 7. The molecule has 0 unspecified atom stereocenters. The van der Waals surface area contributed by atoms with E-state index in [1.54, 1.807) is 24.1 Å². The number of hydrogen-bond donors (Lipinski definition) is 1. The van der Waals surface area contributed by atoms with E-state index in [4.69, 9.17) is 9.47 Å². The smallest absolute Gasteiger partial charge is 0.245 e. The van der Waals surface area contributed by atoms with Crippen LogP contribution in [-0.4, -0.2) is 47.1 Å². The molecule has 7 nitrogen and oxygen atoms in total. The van der Waals surface area contributed by atoms with E-state index in [0.717, 1.165) is 29.3 Å². The van der Waals surface area contributed by atoms with Gasteiger partial charge in [-0.25, -0.2) is 14.4 Å². The van der Waals surface area contributed by atoms with Crippen LogP contribution in [0.3, 0.4) is 0 Å². The molecule has 1 fully saturated rings. The Morgan fingerprint density at radius 2 is 1.97 bits per heavy atom. The lowest BCUT2D eigenvalue weighted by Gasteiger charge is -2.31. The zero-order chi connectivity index (χ0) is 22.5. The van der Waals surface area contributed by atoms with Crippen molar-refractivity contribution in [2.75, 3.05) is 25.5 Å². The second-order valence-electron chi connectivity index (χ2n) is 7.57. The van der Waals surface area contributed by atoms with Crippen molar-refractivity contribution in [3.8, 4) is 11.5 Å². The van der Waals surface area contributed by atoms with Gasteiger partial charge in [0.2, 0.25) is 5.91 Å². The highest BCUT2D eigenvalue weighted by atomic mass is 19.1. The van der Waals surface area contributed by atoms with Crippen molar-refractivity contribution in [2.24, 2.45) is 0 Å². The first kappa shape index (κ1) is 21.5. The molecule has 3 aromatic rings. The molecule has 0 bridgehead atoms. The van der Waals surface area contributed by atoms with Crippen molar-refractivity contribution in [1.82, 2.24) is 14.9 Å². The number of halogens is 1. The number of methoxy groups -OCH3 is 1.